The fourth-order valence-corrected chi connectivity index (χ4v) is 1.92. The summed E-state index contributed by atoms with van der Waals surface area (Å²) in [6, 6.07) is 0. The van der Waals surface area contributed by atoms with Crippen molar-refractivity contribution in [2.45, 2.75) is 70.4 Å². The van der Waals surface area contributed by atoms with Gasteiger partial charge < -0.3 is 0 Å². The molecule has 0 nitrogen and oxygen atoms in total. The zero-order valence-electron chi connectivity index (χ0n) is 12.7. The fraction of sp³-hybridized carbons (Fsp3) is 0.647. The molecule has 0 aromatic carbocycles. The average Bonchev–Trinajstić information content (AvgIpc) is 2.25. The summed E-state index contributed by atoms with van der Waals surface area (Å²) in [5.41, 5.74) is 0.134. The van der Waals surface area contributed by atoms with Gasteiger partial charge in [0, 0.05) is 6.42 Å². The lowest BCUT2D eigenvalue weighted by Gasteiger charge is -2.09. The Bertz CT molecular complexity index is 263. The second-order valence-electron chi connectivity index (χ2n) is 2.88. The molecule has 0 N–H and O–H groups in total. The van der Waals surface area contributed by atoms with E-state index in [0.29, 0.717) is 0 Å². The summed E-state index contributed by atoms with van der Waals surface area (Å²) in [6.45, 7) is 8.95. The van der Waals surface area contributed by atoms with Gasteiger partial charge in [-0.3, -0.25) is 4.70 Å². The molecule has 1 atom stereocenters. The van der Waals surface area contributed by atoms with E-state index in [1.165, 1.54) is 11.1 Å². The van der Waals surface area contributed by atoms with Crippen LogP contribution in [0.2, 0.25) is 0 Å². The van der Waals surface area contributed by atoms with Crippen LogP contribution in [-0.4, -0.2) is 20.4 Å². The van der Waals surface area contributed by atoms with Crippen LogP contribution in [0.1, 0.15) is 50.0 Å². The summed E-state index contributed by atoms with van der Waals surface area (Å²) >= 11 is 40.3. The second kappa shape index (κ2) is 48.5. The molecule has 14 heteroatoms. The highest BCUT2D eigenvalue weighted by atomic mass is 35.6. The summed E-state index contributed by atoms with van der Waals surface area (Å²) in [5.74, 6) is 0. The Hall–Kier alpha value is 1.12. The minimum Gasteiger partial charge on any atom is -0.269 e. The Kier molecular flexibility index (Phi) is 109. The molecule has 0 aliphatic rings. The van der Waals surface area contributed by atoms with Crippen LogP contribution in [-0.2, 0) is 0 Å². The average molecular weight is 638 g/mol. The van der Waals surface area contributed by atoms with Crippen molar-refractivity contribution >= 4 is 92.8 Å². The molecular weight excluding hydrogens is 602 g/mol. The van der Waals surface area contributed by atoms with Crippen molar-refractivity contribution in [1.29, 1.82) is 0 Å². The SMILES string of the molecule is C.C.C.C.C.C=CCl.C=CCl.C=CF.ClC(Cl)CC(Cl)(Cl)Cl.F.FC(Cl)CC(F)(F)F. The maximum atomic E-state index is 11.2. The lowest BCUT2D eigenvalue weighted by Crippen LogP contribution is -2.11. The van der Waals surface area contributed by atoms with Gasteiger partial charge in [-0.2, -0.15) is 13.2 Å². The van der Waals surface area contributed by atoms with Gasteiger partial charge >= 0.3 is 6.18 Å². The van der Waals surface area contributed by atoms with Crippen LogP contribution in [0.5, 0.6) is 0 Å². The zero-order valence-corrected chi connectivity index (χ0v) is 18.8. The summed E-state index contributed by atoms with van der Waals surface area (Å²) < 4.78 is 52.9. The molecule has 0 amide bonds. The minimum atomic E-state index is -4.48. The van der Waals surface area contributed by atoms with Crippen molar-refractivity contribution in [2.75, 3.05) is 0 Å². The highest BCUT2D eigenvalue weighted by Gasteiger charge is 2.30. The van der Waals surface area contributed by atoms with Gasteiger partial charge in [0.25, 0.3) is 0 Å². The first kappa shape index (κ1) is 69.7. The number of hydrogen-bond donors (Lipinski definition) is 0. The third-order valence-electron chi connectivity index (χ3n) is 0.772. The Morgan fingerprint density at radius 3 is 0.935 bits per heavy atom. The summed E-state index contributed by atoms with van der Waals surface area (Å²) in [6.07, 6.45) is -5.66. The van der Waals surface area contributed by atoms with E-state index in [2.05, 4.69) is 31.3 Å². The Labute approximate surface area is 226 Å². The van der Waals surface area contributed by atoms with Gasteiger partial charge in [-0.1, -0.05) is 126 Å². The third-order valence-corrected chi connectivity index (χ3v) is 1.70. The van der Waals surface area contributed by atoms with Gasteiger partial charge in [-0.15, -0.1) is 23.2 Å². The molecule has 202 valence electrons. The first-order chi connectivity index (χ1) is 11.1. The summed E-state index contributed by atoms with van der Waals surface area (Å²) in [7, 11) is 0. The number of rotatable bonds is 2. The predicted octanol–water partition coefficient (Wildman–Crippen LogP) is 13.2. The fourth-order valence-electron chi connectivity index (χ4n) is 0.350. The van der Waals surface area contributed by atoms with Crippen molar-refractivity contribution in [1.82, 2.24) is 0 Å². The smallest absolute Gasteiger partial charge is 0.269 e. The molecule has 0 heterocycles. The first-order valence-corrected chi connectivity index (χ1v) is 8.73. The van der Waals surface area contributed by atoms with Crippen LogP contribution in [0.25, 0.3) is 0 Å². The maximum absolute atomic E-state index is 11.2. The number of hydrogen-bond acceptors (Lipinski definition) is 0. The van der Waals surface area contributed by atoms with Gasteiger partial charge in [0.1, 0.15) is 4.84 Å². The Balaban J connectivity index is -0.0000000183. The molecule has 0 aliphatic heterocycles. The molecule has 0 spiro atoms. The molecule has 0 fully saturated rings. The van der Waals surface area contributed by atoms with E-state index in [4.69, 9.17) is 81.2 Å². The van der Waals surface area contributed by atoms with Crippen molar-refractivity contribution in [2.24, 2.45) is 0 Å². The van der Waals surface area contributed by atoms with E-state index < -0.39 is 26.9 Å². The van der Waals surface area contributed by atoms with E-state index in [9.17, 15) is 22.0 Å². The van der Waals surface area contributed by atoms with Crippen LogP contribution in [0.15, 0.2) is 37.1 Å². The monoisotopic (exact) mass is 634 g/mol. The Morgan fingerprint density at radius 1 is 0.742 bits per heavy atom. The van der Waals surface area contributed by atoms with Crippen molar-refractivity contribution in [3.63, 3.8) is 0 Å². The topological polar surface area (TPSA) is 0 Å². The van der Waals surface area contributed by atoms with Gasteiger partial charge in [0.2, 0.25) is 0 Å². The van der Waals surface area contributed by atoms with Gasteiger partial charge in [-0.25, -0.2) is 8.78 Å². The van der Waals surface area contributed by atoms with E-state index >= 15 is 0 Å². The van der Waals surface area contributed by atoms with Crippen LogP contribution in [0.3, 0.4) is 0 Å². The second-order valence-corrected chi connectivity index (χ2v) is 7.77. The first-order valence-electron chi connectivity index (χ1n) is 5.41. The molecule has 1 unspecified atom stereocenters. The van der Waals surface area contributed by atoms with Crippen molar-refractivity contribution < 1.29 is 26.7 Å². The molecule has 0 bridgehead atoms. The van der Waals surface area contributed by atoms with Crippen molar-refractivity contribution in [3.05, 3.63) is 37.1 Å². The van der Waals surface area contributed by atoms with E-state index in [0.717, 1.165) is 0 Å². The molecule has 0 saturated heterocycles. The quantitative estimate of drug-likeness (QED) is 0.209. The highest BCUT2D eigenvalue weighted by molar-refractivity contribution is 6.68. The Morgan fingerprint density at radius 2 is 0.935 bits per heavy atom. The van der Waals surface area contributed by atoms with E-state index in [1.807, 2.05) is 0 Å². The molecular formula is C17H36Cl8F6. The molecule has 0 rings (SSSR count). The standard InChI is InChI=1S/C3H3Cl5.C3H3ClF4.2C2H3Cl.C2H3F.5CH4.FH/c2*4-2(5)1-3(6,7)8;3*1-2-3;;;;;;/h2*2H,1H2;3*2H,1H2;5*1H4;1H. The van der Waals surface area contributed by atoms with Gasteiger partial charge in [0.15, 0.2) is 9.42 Å². The van der Waals surface area contributed by atoms with Crippen LogP contribution in [0, 0.1) is 0 Å². The minimum absolute atomic E-state index is 0. The lowest BCUT2D eigenvalue weighted by atomic mass is 10.5. The molecule has 0 aromatic heterocycles. The molecule has 31 heavy (non-hydrogen) atoms. The molecule has 0 radical (unpaired) electrons. The largest absolute Gasteiger partial charge is 0.393 e. The molecule has 0 aliphatic carbocycles. The zero-order chi connectivity index (χ0) is 21.7. The third kappa shape index (κ3) is 213. The summed E-state index contributed by atoms with van der Waals surface area (Å²) in [4.78, 5) is -0.609. The van der Waals surface area contributed by atoms with E-state index in [1.54, 1.807) is 0 Å². The summed E-state index contributed by atoms with van der Waals surface area (Å²) in [5, 5.41) is 0. The van der Waals surface area contributed by atoms with Crippen LogP contribution >= 0.6 is 92.8 Å². The maximum Gasteiger partial charge on any atom is 0.393 e. The molecule has 0 aromatic rings. The highest BCUT2D eigenvalue weighted by Crippen LogP contribution is 2.33. The molecule has 0 saturated carbocycles. The van der Waals surface area contributed by atoms with E-state index in [-0.39, 0.29) is 54.6 Å². The van der Waals surface area contributed by atoms with Crippen LogP contribution in [0.4, 0.5) is 26.7 Å². The number of alkyl halides is 10. The number of halogens is 14. The normalized spacial score (nSPS) is 8.71. The van der Waals surface area contributed by atoms with Crippen LogP contribution < -0.4 is 0 Å². The lowest BCUT2D eigenvalue weighted by molar-refractivity contribution is -0.140. The van der Waals surface area contributed by atoms with Gasteiger partial charge in [-0.05, 0) is 11.1 Å². The van der Waals surface area contributed by atoms with Gasteiger partial charge in [0.05, 0.1) is 12.8 Å². The predicted molar refractivity (Wildman–Crippen MR) is 141 cm³/mol. The van der Waals surface area contributed by atoms with Crippen molar-refractivity contribution in [3.8, 4) is 0 Å².